The molecule has 0 aromatic heterocycles. The van der Waals surface area contributed by atoms with Crippen molar-refractivity contribution in [3.8, 4) is 6.07 Å². The molecule has 0 bridgehead atoms. The molecule has 1 aromatic rings. The predicted octanol–water partition coefficient (Wildman–Crippen LogP) is 1.46. The van der Waals surface area contributed by atoms with Crippen molar-refractivity contribution in [2.24, 2.45) is 0 Å². The van der Waals surface area contributed by atoms with E-state index in [2.05, 4.69) is 5.32 Å². The summed E-state index contributed by atoms with van der Waals surface area (Å²) in [7, 11) is -3.10. The number of rotatable bonds is 4. The van der Waals surface area contributed by atoms with Crippen molar-refractivity contribution in [1.29, 1.82) is 5.26 Å². The highest BCUT2D eigenvalue weighted by atomic mass is 32.2. The normalized spacial score (nSPS) is 20.2. The number of sulfone groups is 1. The third-order valence-corrected chi connectivity index (χ3v) is 5.58. The molecule has 1 aliphatic heterocycles. The van der Waals surface area contributed by atoms with Gasteiger partial charge in [-0.3, -0.25) is 10.1 Å². The summed E-state index contributed by atoms with van der Waals surface area (Å²) in [5.41, 5.74) is 0.294. The fourth-order valence-corrected chi connectivity index (χ4v) is 3.98. The van der Waals surface area contributed by atoms with Gasteiger partial charge in [0, 0.05) is 12.6 Å². The average molecular weight is 295 g/mol. The van der Waals surface area contributed by atoms with E-state index in [9.17, 15) is 18.5 Å². The fraction of sp³-hybridized carbons (Fsp3) is 0.417. The zero-order chi connectivity index (χ0) is 14.8. The smallest absolute Gasteiger partial charge is 0.292 e. The zero-order valence-corrected chi connectivity index (χ0v) is 11.4. The number of nitro benzene ring substituents is 1. The number of nitriles is 1. The molecule has 1 aliphatic rings. The number of nitro groups is 1. The van der Waals surface area contributed by atoms with Crippen molar-refractivity contribution in [3.05, 3.63) is 33.9 Å². The topological polar surface area (TPSA) is 113 Å². The Morgan fingerprint density at radius 1 is 1.50 bits per heavy atom. The molecule has 1 fully saturated rings. The second-order valence-corrected chi connectivity index (χ2v) is 7.01. The first-order valence-corrected chi connectivity index (χ1v) is 7.79. The third kappa shape index (κ3) is 2.88. The van der Waals surface area contributed by atoms with Crippen LogP contribution in [-0.2, 0) is 9.84 Å². The zero-order valence-electron chi connectivity index (χ0n) is 10.6. The molecule has 2 rings (SSSR count). The molecule has 1 N–H and O–H groups in total. The van der Waals surface area contributed by atoms with Crippen LogP contribution in [0.15, 0.2) is 18.2 Å². The molecule has 20 heavy (non-hydrogen) atoms. The van der Waals surface area contributed by atoms with E-state index >= 15 is 0 Å². The highest BCUT2D eigenvalue weighted by Gasteiger charge is 2.31. The molecule has 0 saturated carbocycles. The van der Waals surface area contributed by atoms with Crippen LogP contribution in [0.1, 0.15) is 18.4 Å². The Kier molecular flexibility index (Phi) is 3.90. The molecule has 0 amide bonds. The van der Waals surface area contributed by atoms with Crippen molar-refractivity contribution in [3.63, 3.8) is 0 Å². The molecule has 8 heteroatoms. The maximum Gasteiger partial charge on any atom is 0.292 e. The number of nitrogens with one attached hydrogen (secondary N) is 1. The largest absolute Gasteiger partial charge is 0.378 e. The van der Waals surface area contributed by atoms with Crippen LogP contribution in [0.2, 0.25) is 0 Å². The Balaban J connectivity index is 2.20. The van der Waals surface area contributed by atoms with Gasteiger partial charge in [-0.05, 0) is 25.0 Å². The summed E-state index contributed by atoms with van der Waals surface area (Å²) in [5.74, 6) is 0.166. The number of hydrogen-bond donors (Lipinski definition) is 1. The number of benzene rings is 1. The quantitative estimate of drug-likeness (QED) is 0.664. The van der Waals surface area contributed by atoms with E-state index in [1.807, 2.05) is 6.07 Å². The Hall–Kier alpha value is -2.14. The van der Waals surface area contributed by atoms with Crippen LogP contribution in [0.25, 0.3) is 0 Å². The van der Waals surface area contributed by atoms with Gasteiger partial charge >= 0.3 is 0 Å². The molecule has 1 atom stereocenters. The predicted molar refractivity (Wildman–Crippen MR) is 73.1 cm³/mol. The van der Waals surface area contributed by atoms with E-state index in [0.29, 0.717) is 12.8 Å². The Morgan fingerprint density at radius 2 is 2.25 bits per heavy atom. The SMILES string of the molecule is N#Cc1ccc([N+](=O)[O-])c(NCC2CCCS2(=O)=O)c1. The molecule has 0 spiro atoms. The summed E-state index contributed by atoms with van der Waals surface area (Å²) >= 11 is 0. The summed E-state index contributed by atoms with van der Waals surface area (Å²) in [6, 6.07) is 5.85. The van der Waals surface area contributed by atoms with Gasteiger partial charge in [0.05, 0.1) is 27.6 Å². The van der Waals surface area contributed by atoms with E-state index in [0.717, 1.165) is 0 Å². The van der Waals surface area contributed by atoms with Crippen molar-refractivity contribution >= 4 is 21.2 Å². The van der Waals surface area contributed by atoms with Gasteiger partial charge in [-0.15, -0.1) is 0 Å². The minimum absolute atomic E-state index is 0.123. The summed E-state index contributed by atoms with van der Waals surface area (Å²) in [6.45, 7) is 0.123. The van der Waals surface area contributed by atoms with E-state index < -0.39 is 20.0 Å². The number of anilines is 1. The van der Waals surface area contributed by atoms with Gasteiger partial charge in [0.15, 0.2) is 9.84 Å². The maximum absolute atomic E-state index is 11.7. The minimum atomic E-state index is -3.10. The first kappa shape index (κ1) is 14.3. The summed E-state index contributed by atoms with van der Waals surface area (Å²) in [4.78, 5) is 10.3. The lowest BCUT2D eigenvalue weighted by molar-refractivity contribution is -0.384. The monoisotopic (exact) mass is 295 g/mol. The molecule has 1 unspecified atom stereocenters. The molecular weight excluding hydrogens is 282 g/mol. The van der Waals surface area contributed by atoms with Crippen LogP contribution in [-0.4, -0.2) is 30.9 Å². The highest BCUT2D eigenvalue weighted by Crippen LogP contribution is 2.27. The van der Waals surface area contributed by atoms with Crippen molar-refractivity contribution in [2.45, 2.75) is 18.1 Å². The van der Waals surface area contributed by atoms with Gasteiger partial charge in [-0.2, -0.15) is 5.26 Å². The Labute approximate surface area is 116 Å². The first-order valence-electron chi connectivity index (χ1n) is 6.08. The van der Waals surface area contributed by atoms with Gasteiger partial charge in [0.1, 0.15) is 5.69 Å². The second-order valence-electron chi connectivity index (χ2n) is 4.61. The number of nitrogens with zero attached hydrogens (tertiary/aromatic N) is 2. The van der Waals surface area contributed by atoms with Crippen LogP contribution in [0, 0.1) is 21.4 Å². The standard InChI is InChI=1S/C12H13N3O4S/c13-7-9-3-4-12(15(16)17)11(6-9)14-8-10-2-1-5-20(10,18)19/h3-4,6,10,14H,1-2,5,8H2. The molecular formula is C12H13N3O4S. The molecule has 7 nitrogen and oxygen atoms in total. The van der Waals surface area contributed by atoms with E-state index in [4.69, 9.17) is 5.26 Å². The molecule has 0 radical (unpaired) electrons. The van der Waals surface area contributed by atoms with Crippen molar-refractivity contribution in [2.75, 3.05) is 17.6 Å². The summed E-state index contributed by atoms with van der Waals surface area (Å²) in [6.07, 6.45) is 1.18. The molecule has 1 aromatic carbocycles. The molecule has 0 aliphatic carbocycles. The molecule has 106 valence electrons. The summed E-state index contributed by atoms with van der Waals surface area (Å²) in [5, 5.41) is 22.0. The van der Waals surface area contributed by atoms with E-state index in [1.54, 1.807) is 0 Å². The molecule has 1 heterocycles. The lowest BCUT2D eigenvalue weighted by Crippen LogP contribution is -2.25. The van der Waals surface area contributed by atoms with Crippen molar-refractivity contribution in [1.82, 2.24) is 0 Å². The lowest BCUT2D eigenvalue weighted by atomic mass is 10.2. The molecule has 1 saturated heterocycles. The van der Waals surface area contributed by atoms with Crippen LogP contribution < -0.4 is 5.32 Å². The minimum Gasteiger partial charge on any atom is -0.378 e. The van der Waals surface area contributed by atoms with Gasteiger partial charge in [-0.1, -0.05) is 0 Å². The van der Waals surface area contributed by atoms with Crippen LogP contribution in [0.4, 0.5) is 11.4 Å². The maximum atomic E-state index is 11.7. The van der Waals surface area contributed by atoms with Crippen LogP contribution >= 0.6 is 0 Å². The second kappa shape index (κ2) is 5.46. The van der Waals surface area contributed by atoms with Crippen LogP contribution in [0.3, 0.4) is 0 Å². The summed E-state index contributed by atoms with van der Waals surface area (Å²) < 4.78 is 23.4. The Morgan fingerprint density at radius 3 is 2.80 bits per heavy atom. The third-order valence-electron chi connectivity index (χ3n) is 3.31. The lowest BCUT2D eigenvalue weighted by Gasteiger charge is -2.12. The Bertz CT molecular complexity index is 678. The average Bonchev–Trinajstić information content (AvgIpc) is 2.74. The van der Waals surface area contributed by atoms with Gasteiger partial charge in [-0.25, -0.2) is 8.42 Å². The van der Waals surface area contributed by atoms with E-state index in [1.165, 1.54) is 18.2 Å². The van der Waals surface area contributed by atoms with Gasteiger partial charge in [0.2, 0.25) is 0 Å². The van der Waals surface area contributed by atoms with Gasteiger partial charge < -0.3 is 5.32 Å². The first-order chi connectivity index (χ1) is 9.44. The van der Waals surface area contributed by atoms with Crippen molar-refractivity contribution < 1.29 is 13.3 Å². The highest BCUT2D eigenvalue weighted by molar-refractivity contribution is 7.92. The fourth-order valence-electron chi connectivity index (χ4n) is 2.22. The number of hydrogen-bond acceptors (Lipinski definition) is 6. The van der Waals surface area contributed by atoms with Gasteiger partial charge in [0.25, 0.3) is 5.69 Å². The van der Waals surface area contributed by atoms with E-state index in [-0.39, 0.29) is 29.2 Å². The van der Waals surface area contributed by atoms with Crippen LogP contribution in [0.5, 0.6) is 0 Å².